The number of nitrogens with zero attached hydrogens (tertiary/aromatic N) is 1. The van der Waals surface area contributed by atoms with Crippen LogP contribution in [0.25, 0.3) is 0 Å². The summed E-state index contributed by atoms with van der Waals surface area (Å²) in [6, 6.07) is 5.55. The minimum Gasteiger partial charge on any atom is -0.329 e. The van der Waals surface area contributed by atoms with Gasteiger partial charge in [-0.25, -0.2) is 0 Å². The molecule has 0 aliphatic carbocycles. The van der Waals surface area contributed by atoms with Crippen LogP contribution < -0.4 is 5.73 Å². The standard InChI is InChI=1S/C11H16Cl2N2/c1-15(7-5-14)6-4-9-8-10(12)2-3-11(9)13/h2-3,8H,4-7,14H2,1H3. The number of halogens is 2. The van der Waals surface area contributed by atoms with Crippen LogP contribution in [0, 0.1) is 0 Å². The number of benzene rings is 1. The van der Waals surface area contributed by atoms with Gasteiger partial charge in [0, 0.05) is 29.7 Å². The number of nitrogens with two attached hydrogens (primary N) is 1. The maximum atomic E-state index is 6.05. The molecule has 1 aromatic carbocycles. The minimum absolute atomic E-state index is 0.680. The molecule has 0 radical (unpaired) electrons. The lowest BCUT2D eigenvalue weighted by atomic mass is 10.1. The normalized spacial score (nSPS) is 11.0. The molecule has 0 heterocycles. The van der Waals surface area contributed by atoms with Crippen LogP contribution in [0.4, 0.5) is 0 Å². The summed E-state index contributed by atoms with van der Waals surface area (Å²) in [6.45, 7) is 2.52. The summed E-state index contributed by atoms with van der Waals surface area (Å²) in [7, 11) is 2.05. The molecule has 0 amide bonds. The van der Waals surface area contributed by atoms with Gasteiger partial charge in [-0.2, -0.15) is 0 Å². The highest BCUT2D eigenvalue weighted by atomic mass is 35.5. The smallest absolute Gasteiger partial charge is 0.0439 e. The molecule has 0 aromatic heterocycles. The van der Waals surface area contributed by atoms with Crippen LogP contribution in [0.5, 0.6) is 0 Å². The van der Waals surface area contributed by atoms with Crippen molar-refractivity contribution >= 4 is 23.2 Å². The molecule has 2 N–H and O–H groups in total. The Morgan fingerprint density at radius 1 is 1.27 bits per heavy atom. The Morgan fingerprint density at radius 3 is 2.67 bits per heavy atom. The fourth-order valence-corrected chi connectivity index (χ4v) is 1.79. The van der Waals surface area contributed by atoms with Gasteiger partial charge in [-0.1, -0.05) is 23.2 Å². The van der Waals surface area contributed by atoms with Crippen molar-refractivity contribution in [1.29, 1.82) is 0 Å². The molecule has 84 valence electrons. The average molecular weight is 247 g/mol. The number of hydrogen-bond donors (Lipinski definition) is 1. The Hall–Kier alpha value is -0.280. The highest BCUT2D eigenvalue weighted by molar-refractivity contribution is 6.33. The second kappa shape index (κ2) is 6.33. The van der Waals surface area contributed by atoms with Crippen LogP contribution in [0.1, 0.15) is 5.56 Å². The van der Waals surface area contributed by atoms with E-state index in [0.717, 1.165) is 35.1 Å². The summed E-state index contributed by atoms with van der Waals surface area (Å²) < 4.78 is 0. The first-order chi connectivity index (χ1) is 7.13. The third kappa shape index (κ3) is 4.39. The van der Waals surface area contributed by atoms with Crippen molar-refractivity contribution in [3.63, 3.8) is 0 Å². The first kappa shape index (κ1) is 12.8. The Kier molecular flexibility index (Phi) is 5.40. The van der Waals surface area contributed by atoms with E-state index in [2.05, 4.69) is 4.90 Å². The zero-order valence-corrected chi connectivity index (χ0v) is 10.4. The van der Waals surface area contributed by atoms with Crippen LogP contribution in [0.2, 0.25) is 10.0 Å². The quantitative estimate of drug-likeness (QED) is 0.865. The molecule has 4 heteroatoms. The van der Waals surface area contributed by atoms with Gasteiger partial charge in [-0.3, -0.25) is 0 Å². The van der Waals surface area contributed by atoms with Gasteiger partial charge in [-0.15, -0.1) is 0 Å². The molecule has 0 unspecified atom stereocenters. The summed E-state index contributed by atoms with van der Waals surface area (Å²) in [6.07, 6.45) is 0.899. The molecule has 1 aromatic rings. The van der Waals surface area contributed by atoms with E-state index in [-0.39, 0.29) is 0 Å². The Balaban J connectivity index is 2.53. The molecule has 0 saturated carbocycles. The van der Waals surface area contributed by atoms with Crippen molar-refractivity contribution in [3.05, 3.63) is 33.8 Å². The second-order valence-corrected chi connectivity index (χ2v) is 4.42. The molecule has 1 rings (SSSR count). The Bertz CT molecular complexity index is 315. The van der Waals surface area contributed by atoms with Crippen LogP contribution in [0.15, 0.2) is 18.2 Å². The van der Waals surface area contributed by atoms with Gasteiger partial charge in [0.2, 0.25) is 0 Å². The van der Waals surface area contributed by atoms with Crippen LogP contribution in [-0.4, -0.2) is 31.6 Å². The predicted octanol–water partition coefficient (Wildman–Crippen LogP) is 2.43. The Morgan fingerprint density at radius 2 is 2.00 bits per heavy atom. The number of likely N-dealkylation sites (N-methyl/N-ethyl adjacent to an activating group) is 1. The summed E-state index contributed by atoms with van der Waals surface area (Å²) in [5, 5.41) is 1.51. The Labute approximate surface area is 101 Å². The van der Waals surface area contributed by atoms with Crippen LogP contribution >= 0.6 is 23.2 Å². The maximum Gasteiger partial charge on any atom is 0.0439 e. The SMILES string of the molecule is CN(CCN)CCc1cc(Cl)ccc1Cl. The van der Waals surface area contributed by atoms with E-state index in [1.165, 1.54) is 0 Å². The lowest BCUT2D eigenvalue weighted by Crippen LogP contribution is -2.27. The summed E-state index contributed by atoms with van der Waals surface area (Å²) in [5.74, 6) is 0. The molecule has 0 saturated heterocycles. The topological polar surface area (TPSA) is 29.3 Å². The van der Waals surface area contributed by atoms with Crippen LogP contribution in [0.3, 0.4) is 0 Å². The van der Waals surface area contributed by atoms with E-state index in [0.29, 0.717) is 6.54 Å². The third-order valence-corrected chi connectivity index (χ3v) is 2.89. The van der Waals surface area contributed by atoms with Crippen molar-refractivity contribution in [2.75, 3.05) is 26.7 Å². The van der Waals surface area contributed by atoms with Crippen molar-refractivity contribution in [2.24, 2.45) is 5.73 Å². The summed E-state index contributed by atoms with van der Waals surface area (Å²) in [5.41, 5.74) is 6.55. The minimum atomic E-state index is 0.680. The van der Waals surface area contributed by atoms with Crippen LogP contribution in [-0.2, 0) is 6.42 Å². The molecular formula is C11H16Cl2N2. The molecular weight excluding hydrogens is 231 g/mol. The number of rotatable bonds is 5. The molecule has 15 heavy (non-hydrogen) atoms. The van der Waals surface area contributed by atoms with E-state index < -0.39 is 0 Å². The third-order valence-electron chi connectivity index (χ3n) is 2.28. The fourth-order valence-electron chi connectivity index (χ4n) is 1.38. The van der Waals surface area contributed by atoms with Gasteiger partial charge in [0.25, 0.3) is 0 Å². The maximum absolute atomic E-state index is 6.05. The zero-order valence-electron chi connectivity index (χ0n) is 8.84. The van der Waals surface area contributed by atoms with Gasteiger partial charge in [0.05, 0.1) is 0 Å². The van der Waals surface area contributed by atoms with E-state index in [1.54, 1.807) is 6.07 Å². The molecule has 0 aliphatic rings. The number of hydrogen-bond acceptors (Lipinski definition) is 2. The van der Waals surface area contributed by atoms with E-state index >= 15 is 0 Å². The molecule has 0 fully saturated rings. The van der Waals surface area contributed by atoms with Gasteiger partial charge in [0.15, 0.2) is 0 Å². The lowest BCUT2D eigenvalue weighted by Gasteiger charge is -2.15. The fraction of sp³-hybridized carbons (Fsp3) is 0.455. The van der Waals surface area contributed by atoms with E-state index in [1.807, 2.05) is 19.2 Å². The lowest BCUT2D eigenvalue weighted by molar-refractivity contribution is 0.348. The first-order valence-electron chi connectivity index (χ1n) is 4.96. The summed E-state index contributed by atoms with van der Waals surface area (Å²) in [4.78, 5) is 2.18. The van der Waals surface area contributed by atoms with E-state index in [4.69, 9.17) is 28.9 Å². The van der Waals surface area contributed by atoms with Crippen molar-refractivity contribution in [3.8, 4) is 0 Å². The van der Waals surface area contributed by atoms with Crippen molar-refractivity contribution in [1.82, 2.24) is 4.90 Å². The molecule has 2 nitrogen and oxygen atoms in total. The van der Waals surface area contributed by atoms with Gasteiger partial charge < -0.3 is 10.6 Å². The van der Waals surface area contributed by atoms with E-state index in [9.17, 15) is 0 Å². The molecule has 0 spiro atoms. The van der Waals surface area contributed by atoms with Crippen molar-refractivity contribution in [2.45, 2.75) is 6.42 Å². The molecule has 0 aliphatic heterocycles. The molecule has 0 bridgehead atoms. The van der Waals surface area contributed by atoms with Gasteiger partial charge in [0.1, 0.15) is 0 Å². The first-order valence-corrected chi connectivity index (χ1v) is 5.71. The highest BCUT2D eigenvalue weighted by Crippen LogP contribution is 2.21. The predicted molar refractivity (Wildman–Crippen MR) is 66.7 cm³/mol. The monoisotopic (exact) mass is 246 g/mol. The molecule has 0 atom stereocenters. The van der Waals surface area contributed by atoms with Gasteiger partial charge >= 0.3 is 0 Å². The van der Waals surface area contributed by atoms with Gasteiger partial charge in [-0.05, 0) is 37.2 Å². The highest BCUT2D eigenvalue weighted by Gasteiger charge is 2.03. The average Bonchev–Trinajstić information content (AvgIpc) is 2.20. The largest absolute Gasteiger partial charge is 0.329 e. The summed E-state index contributed by atoms with van der Waals surface area (Å²) >= 11 is 12.0. The van der Waals surface area contributed by atoms with Crippen molar-refractivity contribution < 1.29 is 0 Å². The second-order valence-electron chi connectivity index (χ2n) is 3.58. The zero-order chi connectivity index (χ0) is 11.3.